The van der Waals surface area contributed by atoms with Crippen LogP contribution in [0.5, 0.6) is 0 Å². The van der Waals surface area contributed by atoms with E-state index in [4.69, 9.17) is 4.74 Å². The average Bonchev–Trinajstić information content (AvgIpc) is 2.54. The lowest BCUT2D eigenvalue weighted by atomic mass is 9.79. The molecule has 2 rings (SSSR count). The summed E-state index contributed by atoms with van der Waals surface area (Å²) in [5.41, 5.74) is -0.611. The maximum Gasteiger partial charge on any atom is 0.410 e. The first-order valence-electron chi connectivity index (χ1n) is 7.01. The minimum atomic E-state index is -0.472. The van der Waals surface area contributed by atoms with Crippen LogP contribution in [-0.4, -0.2) is 39.9 Å². The molecule has 1 saturated heterocycles. The molecule has 0 radical (unpaired) electrons. The molecule has 1 N–H and O–H groups in total. The number of β-amino-alcohol motifs (C(OH)–C–C–N with tert-alkyl or cyclic N) is 1. The number of nitrogens with zero attached hydrogens (tertiary/aromatic N) is 1. The number of carbonyl (C=O) groups excluding carboxylic acids is 1. The van der Waals surface area contributed by atoms with E-state index in [2.05, 4.69) is 0 Å². The predicted molar refractivity (Wildman–Crippen MR) is 69.4 cm³/mol. The second-order valence-electron chi connectivity index (χ2n) is 6.73. The minimum absolute atomic E-state index is 0.139. The van der Waals surface area contributed by atoms with E-state index in [9.17, 15) is 9.90 Å². The molecule has 0 bridgehead atoms. The number of aliphatic hydroxyl groups is 1. The zero-order valence-corrected chi connectivity index (χ0v) is 11.7. The van der Waals surface area contributed by atoms with E-state index in [1.54, 1.807) is 4.90 Å². The molecule has 1 unspecified atom stereocenters. The van der Waals surface area contributed by atoms with Gasteiger partial charge in [-0.3, -0.25) is 4.90 Å². The fourth-order valence-corrected chi connectivity index (χ4v) is 3.29. The molecule has 1 aliphatic carbocycles. The number of aliphatic hydroxyl groups excluding tert-OH is 1. The zero-order valence-electron chi connectivity index (χ0n) is 11.7. The summed E-state index contributed by atoms with van der Waals surface area (Å²) in [6.07, 6.45) is 5.59. The van der Waals surface area contributed by atoms with Gasteiger partial charge in [0.2, 0.25) is 0 Å². The molecule has 0 aromatic rings. The maximum atomic E-state index is 12.3. The van der Waals surface area contributed by atoms with Crippen molar-refractivity contribution >= 4 is 6.09 Å². The first kappa shape index (κ1) is 13.7. The summed E-state index contributed by atoms with van der Waals surface area (Å²) in [7, 11) is 0. The quantitative estimate of drug-likeness (QED) is 0.724. The molecule has 1 spiro atoms. The minimum Gasteiger partial charge on any atom is -0.444 e. The molecule has 104 valence electrons. The smallest absolute Gasteiger partial charge is 0.410 e. The van der Waals surface area contributed by atoms with Crippen LogP contribution in [0, 0.1) is 0 Å². The summed E-state index contributed by atoms with van der Waals surface area (Å²) in [5, 5.41) is 9.91. The van der Waals surface area contributed by atoms with Gasteiger partial charge < -0.3 is 9.84 Å². The zero-order chi connectivity index (χ0) is 13.4. The van der Waals surface area contributed by atoms with Gasteiger partial charge in [-0.1, -0.05) is 19.3 Å². The van der Waals surface area contributed by atoms with Gasteiger partial charge in [-0.25, -0.2) is 4.79 Å². The van der Waals surface area contributed by atoms with E-state index in [0.29, 0.717) is 13.0 Å². The number of rotatable bonds is 0. The van der Waals surface area contributed by atoms with Crippen molar-refractivity contribution in [1.82, 2.24) is 4.90 Å². The fourth-order valence-electron chi connectivity index (χ4n) is 3.29. The highest BCUT2D eigenvalue weighted by Crippen LogP contribution is 2.42. The number of likely N-dealkylation sites (tertiary alicyclic amines) is 1. The van der Waals surface area contributed by atoms with Gasteiger partial charge in [0.05, 0.1) is 12.6 Å². The second-order valence-corrected chi connectivity index (χ2v) is 6.73. The molecule has 1 aliphatic heterocycles. The van der Waals surface area contributed by atoms with Crippen molar-refractivity contribution in [1.29, 1.82) is 0 Å². The van der Waals surface area contributed by atoms with Gasteiger partial charge in [-0.15, -0.1) is 0 Å². The van der Waals surface area contributed by atoms with Crippen molar-refractivity contribution in [2.24, 2.45) is 0 Å². The monoisotopic (exact) mass is 255 g/mol. The molecule has 18 heavy (non-hydrogen) atoms. The lowest BCUT2D eigenvalue weighted by molar-refractivity contribution is 0.000177. The third-order valence-corrected chi connectivity index (χ3v) is 3.98. The van der Waals surface area contributed by atoms with Crippen LogP contribution >= 0.6 is 0 Å². The Bertz CT molecular complexity index is 315. The van der Waals surface area contributed by atoms with Crippen LogP contribution in [0.15, 0.2) is 0 Å². The lowest BCUT2D eigenvalue weighted by Crippen LogP contribution is -2.50. The Morgan fingerprint density at radius 3 is 2.44 bits per heavy atom. The highest BCUT2D eigenvalue weighted by atomic mass is 16.6. The molecule has 2 fully saturated rings. The SMILES string of the molecule is CC(C)(C)OC(=O)N1CC(O)CC12CCCCC2. The van der Waals surface area contributed by atoms with Gasteiger partial charge in [0.25, 0.3) is 0 Å². The molecule has 1 amide bonds. The second kappa shape index (κ2) is 4.72. The Morgan fingerprint density at radius 2 is 1.89 bits per heavy atom. The summed E-state index contributed by atoms with van der Waals surface area (Å²) in [5.74, 6) is 0. The lowest BCUT2D eigenvalue weighted by Gasteiger charge is -2.41. The Balaban J connectivity index is 2.11. The third kappa shape index (κ3) is 2.79. The number of carbonyl (C=O) groups is 1. The third-order valence-electron chi connectivity index (χ3n) is 3.98. The van der Waals surface area contributed by atoms with E-state index in [1.807, 2.05) is 20.8 Å². The van der Waals surface area contributed by atoms with E-state index in [1.165, 1.54) is 6.42 Å². The molecule has 2 aliphatic rings. The van der Waals surface area contributed by atoms with Crippen molar-refractivity contribution in [3.05, 3.63) is 0 Å². The van der Waals surface area contributed by atoms with Crippen LogP contribution < -0.4 is 0 Å². The maximum absolute atomic E-state index is 12.3. The standard InChI is InChI=1S/C14H25NO3/c1-13(2,3)18-12(17)15-10-11(16)9-14(15)7-5-4-6-8-14/h11,16H,4-10H2,1-3H3. The van der Waals surface area contributed by atoms with Crippen LogP contribution in [0.4, 0.5) is 4.79 Å². The Hall–Kier alpha value is -0.770. The number of hydrogen-bond acceptors (Lipinski definition) is 3. The van der Waals surface area contributed by atoms with Gasteiger partial charge >= 0.3 is 6.09 Å². The summed E-state index contributed by atoms with van der Waals surface area (Å²) < 4.78 is 5.47. The van der Waals surface area contributed by atoms with Crippen LogP contribution in [0.25, 0.3) is 0 Å². The van der Waals surface area contributed by atoms with Gasteiger partial charge in [0.1, 0.15) is 5.60 Å². The fraction of sp³-hybridized carbons (Fsp3) is 0.929. The molecular formula is C14H25NO3. The first-order valence-corrected chi connectivity index (χ1v) is 7.01. The van der Waals surface area contributed by atoms with Crippen LogP contribution in [-0.2, 0) is 4.74 Å². The summed E-state index contributed by atoms with van der Waals surface area (Å²) in [4.78, 5) is 14.1. The summed E-state index contributed by atoms with van der Waals surface area (Å²) in [6.45, 7) is 6.07. The van der Waals surface area contributed by atoms with Crippen molar-refractivity contribution in [2.75, 3.05) is 6.54 Å². The number of amides is 1. The van der Waals surface area contributed by atoms with E-state index >= 15 is 0 Å². The number of ether oxygens (including phenoxy) is 1. The Labute approximate surface area is 109 Å². The first-order chi connectivity index (χ1) is 8.32. The number of hydrogen-bond donors (Lipinski definition) is 1. The van der Waals surface area contributed by atoms with E-state index in [0.717, 1.165) is 25.7 Å². The van der Waals surface area contributed by atoms with Crippen LogP contribution in [0.1, 0.15) is 59.3 Å². The molecule has 0 aromatic carbocycles. The van der Waals surface area contributed by atoms with Crippen LogP contribution in [0.2, 0.25) is 0 Å². The van der Waals surface area contributed by atoms with Crippen molar-refractivity contribution < 1.29 is 14.6 Å². The largest absolute Gasteiger partial charge is 0.444 e. The Morgan fingerprint density at radius 1 is 1.28 bits per heavy atom. The molecule has 4 heteroatoms. The van der Waals surface area contributed by atoms with Crippen molar-refractivity contribution in [3.8, 4) is 0 Å². The molecule has 1 heterocycles. The molecule has 4 nitrogen and oxygen atoms in total. The van der Waals surface area contributed by atoms with Crippen molar-refractivity contribution in [2.45, 2.75) is 76.5 Å². The van der Waals surface area contributed by atoms with Gasteiger partial charge in [0, 0.05) is 5.54 Å². The van der Waals surface area contributed by atoms with Crippen molar-refractivity contribution in [3.63, 3.8) is 0 Å². The van der Waals surface area contributed by atoms with Crippen LogP contribution in [0.3, 0.4) is 0 Å². The summed E-state index contributed by atoms with van der Waals surface area (Å²) in [6, 6.07) is 0. The summed E-state index contributed by atoms with van der Waals surface area (Å²) >= 11 is 0. The van der Waals surface area contributed by atoms with E-state index < -0.39 is 11.7 Å². The van der Waals surface area contributed by atoms with Gasteiger partial charge in [-0.2, -0.15) is 0 Å². The molecule has 1 saturated carbocycles. The average molecular weight is 255 g/mol. The highest BCUT2D eigenvalue weighted by Gasteiger charge is 2.48. The molecular weight excluding hydrogens is 230 g/mol. The van der Waals surface area contributed by atoms with Gasteiger partial charge in [-0.05, 0) is 40.0 Å². The topological polar surface area (TPSA) is 49.8 Å². The molecule has 1 atom stereocenters. The van der Waals surface area contributed by atoms with E-state index in [-0.39, 0.29) is 11.6 Å². The molecule has 0 aromatic heterocycles. The highest BCUT2D eigenvalue weighted by molar-refractivity contribution is 5.70. The van der Waals surface area contributed by atoms with Gasteiger partial charge in [0.15, 0.2) is 0 Å². The predicted octanol–water partition coefficient (Wildman–Crippen LogP) is 2.69. The normalized spacial score (nSPS) is 27.6. The Kier molecular flexibility index (Phi) is 3.58.